The van der Waals surface area contributed by atoms with E-state index in [4.69, 9.17) is 9.47 Å². The van der Waals surface area contributed by atoms with Crippen molar-refractivity contribution in [2.24, 2.45) is 46.3 Å². The number of hydrogen-bond donors (Lipinski definition) is 1. The van der Waals surface area contributed by atoms with E-state index in [1.165, 1.54) is 38.5 Å². The minimum absolute atomic E-state index is 0.125. The predicted molar refractivity (Wildman–Crippen MR) is 111 cm³/mol. The molecule has 1 N–H and O–H groups in total. The van der Waals surface area contributed by atoms with Crippen LogP contribution < -0.4 is 0 Å². The SMILES string of the molecule is CC[C@@H](C)[C@H]1CC[C@H]2[C@@H]3[C@H](O)C[C@@H]4CC5(CC[C@]4(C)[C@H]3CC[C@]12C)OCCO5. The van der Waals surface area contributed by atoms with Crippen LogP contribution in [0.4, 0.5) is 0 Å². The van der Waals surface area contributed by atoms with Crippen molar-refractivity contribution in [3.8, 4) is 0 Å². The molecule has 0 unspecified atom stereocenters. The molecule has 5 rings (SSSR count). The molecule has 5 aliphatic rings. The first-order valence-electron chi connectivity index (χ1n) is 12.3. The Morgan fingerprint density at radius 1 is 0.964 bits per heavy atom. The molecule has 0 aromatic heterocycles. The molecule has 0 amide bonds. The first kappa shape index (κ1) is 19.8. The van der Waals surface area contributed by atoms with Crippen molar-refractivity contribution in [2.75, 3.05) is 13.2 Å². The van der Waals surface area contributed by atoms with Crippen LogP contribution in [-0.4, -0.2) is 30.2 Å². The fourth-order valence-corrected chi connectivity index (χ4v) is 9.18. The Bertz CT molecular complexity index is 599. The molecule has 28 heavy (non-hydrogen) atoms. The summed E-state index contributed by atoms with van der Waals surface area (Å²) in [5.41, 5.74) is 0.814. The molecule has 3 heteroatoms. The zero-order chi connectivity index (χ0) is 19.7. The second-order valence-electron chi connectivity index (χ2n) is 11.7. The van der Waals surface area contributed by atoms with Gasteiger partial charge in [0.1, 0.15) is 0 Å². The first-order chi connectivity index (χ1) is 13.3. The molecule has 160 valence electrons. The number of rotatable bonds is 2. The highest BCUT2D eigenvalue weighted by molar-refractivity contribution is 5.12. The molecule has 0 aromatic rings. The molecular weight excluding hydrogens is 348 g/mol. The quantitative estimate of drug-likeness (QED) is 0.685. The second kappa shape index (κ2) is 6.69. The number of fused-ring (bicyclic) bond motifs is 5. The van der Waals surface area contributed by atoms with Gasteiger partial charge in [0.2, 0.25) is 0 Å². The fraction of sp³-hybridized carbons (Fsp3) is 1.00. The van der Waals surface area contributed by atoms with Gasteiger partial charge in [-0.15, -0.1) is 0 Å². The highest BCUT2D eigenvalue weighted by atomic mass is 16.7. The third-order valence-corrected chi connectivity index (χ3v) is 10.9. The predicted octanol–water partition coefficient (Wildman–Crippen LogP) is 5.41. The number of ether oxygens (including phenoxy) is 2. The van der Waals surface area contributed by atoms with Gasteiger partial charge in [0.05, 0.1) is 19.3 Å². The van der Waals surface area contributed by atoms with E-state index in [1.807, 2.05) is 0 Å². The zero-order valence-electron chi connectivity index (χ0n) is 18.6. The van der Waals surface area contributed by atoms with Crippen LogP contribution in [0, 0.1) is 46.3 Å². The first-order valence-corrected chi connectivity index (χ1v) is 12.3. The van der Waals surface area contributed by atoms with Crippen LogP contribution in [0.25, 0.3) is 0 Å². The van der Waals surface area contributed by atoms with Gasteiger partial charge in [0.25, 0.3) is 0 Å². The molecule has 0 bridgehead atoms. The molecular formula is C25H42O3. The fourth-order valence-electron chi connectivity index (χ4n) is 9.18. The maximum Gasteiger partial charge on any atom is 0.168 e. The van der Waals surface area contributed by atoms with Crippen molar-refractivity contribution in [3.05, 3.63) is 0 Å². The minimum Gasteiger partial charge on any atom is -0.393 e. The van der Waals surface area contributed by atoms with Crippen LogP contribution in [-0.2, 0) is 9.47 Å². The molecule has 0 radical (unpaired) electrons. The lowest BCUT2D eigenvalue weighted by Crippen LogP contribution is -2.60. The Kier molecular flexibility index (Phi) is 4.73. The van der Waals surface area contributed by atoms with Crippen molar-refractivity contribution in [2.45, 2.75) is 97.4 Å². The van der Waals surface area contributed by atoms with Crippen molar-refractivity contribution in [1.29, 1.82) is 0 Å². The van der Waals surface area contributed by atoms with Gasteiger partial charge >= 0.3 is 0 Å². The summed E-state index contributed by atoms with van der Waals surface area (Å²) in [5.74, 6) is 3.84. The van der Waals surface area contributed by atoms with E-state index < -0.39 is 0 Å². The van der Waals surface area contributed by atoms with E-state index in [9.17, 15) is 5.11 Å². The molecule has 9 atom stereocenters. The average Bonchev–Trinajstić information content (AvgIpc) is 3.27. The van der Waals surface area contributed by atoms with Crippen LogP contribution in [0.5, 0.6) is 0 Å². The summed E-state index contributed by atoms with van der Waals surface area (Å²) in [5, 5.41) is 11.5. The minimum atomic E-state index is -0.324. The second-order valence-corrected chi connectivity index (χ2v) is 11.7. The number of aliphatic hydroxyl groups is 1. The average molecular weight is 391 g/mol. The number of aliphatic hydroxyl groups excluding tert-OH is 1. The van der Waals surface area contributed by atoms with Crippen molar-refractivity contribution >= 4 is 0 Å². The third-order valence-electron chi connectivity index (χ3n) is 10.9. The summed E-state index contributed by atoms with van der Waals surface area (Å²) in [6, 6.07) is 0. The van der Waals surface area contributed by atoms with Crippen LogP contribution in [0.3, 0.4) is 0 Å². The Morgan fingerprint density at radius 2 is 1.68 bits per heavy atom. The van der Waals surface area contributed by atoms with E-state index in [0.29, 0.717) is 28.6 Å². The highest BCUT2D eigenvalue weighted by Gasteiger charge is 2.64. The maximum atomic E-state index is 11.5. The highest BCUT2D eigenvalue weighted by Crippen LogP contribution is 2.69. The van der Waals surface area contributed by atoms with Gasteiger partial charge in [-0.3, -0.25) is 0 Å². The molecule has 4 aliphatic carbocycles. The molecule has 5 fully saturated rings. The van der Waals surface area contributed by atoms with E-state index >= 15 is 0 Å². The summed E-state index contributed by atoms with van der Waals surface area (Å²) >= 11 is 0. The Balaban J connectivity index is 1.42. The Morgan fingerprint density at radius 3 is 2.39 bits per heavy atom. The molecule has 1 aliphatic heterocycles. The van der Waals surface area contributed by atoms with Crippen LogP contribution in [0.15, 0.2) is 0 Å². The molecule has 1 spiro atoms. The lowest BCUT2D eigenvalue weighted by atomic mass is 9.43. The monoisotopic (exact) mass is 390 g/mol. The molecule has 1 saturated heterocycles. The van der Waals surface area contributed by atoms with E-state index in [0.717, 1.165) is 50.2 Å². The van der Waals surface area contributed by atoms with Gasteiger partial charge < -0.3 is 14.6 Å². The molecule has 1 heterocycles. The smallest absolute Gasteiger partial charge is 0.168 e. The summed E-state index contributed by atoms with van der Waals surface area (Å²) in [6.45, 7) is 11.5. The van der Waals surface area contributed by atoms with E-state index in [1.54, 1.807) is 0 Å². The zero-order valence-corrected chi connectivity index (χ0v) is 18.6. The van der Waals surface area contributed by atoms with Crippen molar-refractivity contribution in [1.82, 2.24) is 0 Å². The normalized spacial score (nSPS) is 53.5. The van der Waals surface area contributed by atoms with Gasteiger partial charge in [-0.05, 0) is 84.9 Å². The van der Waals surface area contributed by atoms with Crippen LogP contribution in [0.2, 0.25) is 0 Å². The standard InChI is InChI=1S/C25H42O3/c1-5-16(2)18-6-7-19-22-20(8-9-24(18,19)4)23(3)10-11-25(27-12-13-28-25)15-17(23)14-21(22)26/h16-22,26H,5-15H2,1-4H3/t16-,17-,18-,19+,20+,21-,22+,23+,24-/m1/s1. The number of hydrogen-bond acceptors (Lipinski definition) is 3. The third kappa shape index (κ3) is 2.64. The van der Waals surface area contributed by atoms with Gasteiger partial charge in [-0.1, -0.05) is 34.1 Å². The maximum absolute atomic E-state index is 11.5. The van der Waals surface area contributed by atoms with Gasteiger partial charge in [-0.25, -0.2) is 0 Å². The Labute approximate surface area is 171 Å². The van der Waals surface area contributed by atoms with Gasteiger partial charge in [-0.2, -0.15) is 0 Å². The lowest BCUT2D eigenvalue weighted by Gasteiger charge is -2.63. The summed E-state index contributed by atoms with van der Waals surface area (Å²) in [7, 11) is 0. The van der Waals surface area contributed by atoms with Crippen LogP contribution in [0.1, 0.15) is 85.5 Å². The molecule has 0 aromatic carbocycles. The lowest BCUT2D eigenvalue weighted by molar-refractivity contribution is -0.243. The summed E-state index contributed by atoms with van der Waals surface area (Å²) in [4.78, 5) is 0. The van der Waals surface area contributed by atoms with Crippen LogP contribution >= 0.6 is 0 Å². The van der Waals surface area contributed by atoms with Crippen molar-refractivity contribution in [3.63, 3.8) is 0 Å². The molecule has 4 saturated carbocycles. The van der Waals surface area contributed by atoms with E-state index in [-0.39, 0.29) is 11.9 Å². The van der Waals surface area contributed by atoms with Crippen molar-refractivity contribution < 1.29 is 14.6 Å². The summed E-state index contributed by atoms with van der Waals surface area (Å²) in [6.07, 6.45) is 10.8. The van der Waals surface area contributed by atoms with Gasteiger partial charge in [0, 0.05) is 12.8 Å². The summed E-state index contributed by atoms with van der Waals surface area (Å²) < 4.78 is 12.2. The topological polar surface area (TPSA) is 38.7 Å². The van der Waals surface area contributed by atoms with Gasteiger partial charge in [0.15, 0.2) is 5.79 Å². The van der Waals surface area contributed by atoms with E-state index in [2.05, 4.69) is 27.7 Å². The molecule has 3 nitrogen and oxygen atoms in total. The largest absolute Gasteiger partial charge is 0.393 e. The Hall–Kier alpha value is -0.120.